The van der Waals surface area contributed by atoms with Crippen LogP contribution in [0.4, 0.5) is 14.5 Å². The minimum absolute atomic E-state index is 0.00613. The molecule has 2 aromatic rings. The summed E-state index contributed by atoms with van der Waals surface area (Å²) in [7, 11) is 3.01. The number of hydrogen-bond donors (Lipinski definition) is 2. The fourth-order valence-electron chi connectivity index (χ4n) is 2.39. The lowest BCUT2D eigenvalue weighted by Crippen LogP contribution is -2.28. The fourth-order valence-corrected chi connectivity index (χ4v) is 2.39. The summed E-state index contributed by atoms with van der Waals surface area (Å²) in [5, 5.41) is 5.14. The first-order valence-corrected chi connectivity index (χ1v) is 8.11. The predicted molar refractivity (Wildman–Crippen MR) is 96.2 cm³/mol. The number of carbonyl (C=O) groups is 2. The third kappa shape index (κ3) is 5.16. The van der Waals surface area contributed by atoms with Gasteiger partial charge in [0.2, 0.25) is 5.91 Å². The molecule has 0 bridgehead atoms. The van der Waals surface area contributed by atoms with Crippen molar-refractivity contribution in [2.45, 2.75) is 13.3 Å². The molecule has 2 rings (SSSR count). The minimum atomic E-state index is -0.960. The van der Waals surface area contributed by atoms with Crippen molar-refractivity contribution >= 4 is 17.5 Å². The molecule has 0 saturated carbocycles. The van der Waals surface area contributed by atoms with Gasteiger partial charge in [-0.3, -0.25) is 9.59 Å². The Bertz CT molecular complexity index is 856. The smallest absolute Gasteiger partial charge is 0.254 e. The number of ether oxygens (including phenoxy) is 2. The molecule has 0 heterocycles. The van der Waals surface area contributed by atoms with Gasteiger partial charge in [-0.1, -0.05) is 0 Å². The topological polar surface area (TPSA) is 76.7 Å². The van der Waals surface area contributed by atoms with E-state index in [1.54, 1.807) is 19.1 Å². The summed E-state index contributed by atoms with van der Waals surface area (Å²) in [6.45, 7) is 1.80. The van der Waals surface area contributed by atoms with Gasteiger partial charge in [0.1, 0.15) is 11.6 Å². The summed E-state index contributed by atoms with van der Waals surface area (Å²) in [5.41, 5.74) is 1.04. The third-order valence-electron chi connectivity index (χ3n) is 3.82. The van der Waals surface area contributed by atoms with Gasteiger partial charge in [-0.15, -0.1) is 0 Å². The van der Waals surface area contributed by atoms with Crippen molar-refractivity contribution in [2.75, 3.05) is 26.1 Å². The summed E-state index contributed by atoms with van der Waals surface area (Å²) in [5.74, 6) is -1.78. The van der Waals surface area contributed by atoms with Crippen LogP contribution in [-0.4, -0.2) is 32.6 Å². The normalized spacial score (nSPS) is 10.3. The van der Waals surface area contributed by atoms with Gasteiger partial charge >= 0.3 is 0 Å². The standard InChI is InChI=1S/C19H20F2N2O4/c1-11-8-16(26-2)17(27-3)10-15(11)23-18(24)6-7-22-19(25)13-5-4-12(20)9-14(13)21/h4-5,8-10H,6-7H2,1-3H3,(H,22,25)(H,23,24). The Labute approximate surface area is 155 Å². The molecule has 0 aliphatic carbocycles. The highest BCUT2D eigenvalue weighted by molar-refractivity contribution is 5.95. The van der Waals surface area contributed by atoms with Gasteiger partial charge in [0.15, 0.2) is 11.5 Å². The first-order valence-electron chi connectivity index (χ1n) is 8.11. The van der Waals surface area contributed by atoms with Crippen LogP contribution in [0.15, 0.2) is 30.3 Å². The lowest BCUT2D eigenvalue weighted by Gasteiger charge is -2.14. The van der Waals surface area contributed by atoms with Crippen LogP contribution in [0.3, 0.4) is 0 Å². The van der Waals surface area contributed by atoms with Crippen molar-refractivity contribution in [3.8, 4) is 11.5 Å². The Morgan fingerprint density at radius 1 is 1.04 bits per heavy atom. The first-order chi connectivity index (χ1) is 12.8. The molecule has 0 unspecified atom stereocenters. The molecule has 0 aliphatic heterocycles. The molecule has 2 amide bonds. The molecular formula is C19H20F2N2O4. The number of halogens is 2. The molecule has 0 radical (unpaired) electrons. The second-order valence-electron chi connectivity index (χ2n) is 5.70. The quantitative estimate of drug-likeness (QED) is 0.776. The van der Waals surface area contributed by atoms with Crippen molar-refractivity contribution in [1.82, 2.24) is 5.32 Å². The fraction of sp³-hybridized carbons (Fsp3) is 0.263. The van der Waals surface area contributed by atoms with Crippen LogP contribution < -0.4 is 20.1 Å². The summed E-state index contributed by atoms with van der Waals surface area (Å²) in [6.07, 6.45) is -0.0255. The Balaban J connectivity index is 1.92. The van der Waals surface area contributed by atoms with Crippen LogP contribution >= 0.6 is 0 Å². The molecule has 27 heavy (non-hydrogen) atoms. The van der Waals surface area contributed by atoms with E-state index >= 15 is 0 Å². The molecule has 8 heteroatoms. The van der Waals surface area contributed by atoms with E-state index < -0.39 is 17.5 Å². The number of methoxy groups -OCH3 is 2. The third-order valence-corrected chi connectivity index (χ3v) is 3.82. The van der Waals surface area contributed by atoms with E-state index in [1.807, 2.05) is 0 Å². The molecule has 0 aromatic heterocycles. The monoisotopic (exact) mass is 378 g/mol. The average molecular weight is 378 g/mol. The number of aryl methyl sites for hydroxylation is 1. The zero-order valence-electron chi connectivity index (χ0n) is 15.2. The van der Waals surface area contributed by atoms with E-state index in [-0.39, 0.29) is 24.4 Å². The molecule has 0 aliphatic rings. The number of anilines is 1. The highest BCUT2D eigenvalue weighted by Gasteiger charge is 2.14. The molecule has 2 N–H and O–H groups in total. The maximum atomic E-state index is 13.5. The Hall–Kier alpha value is -3.16. The molecule has 0 atom stereocenters. The first kappa shape index (κ1) is 20.2. The Morgan fingerprint density at radius 2 is 1.70 bits per heavy atom. The van der Waals surface area contributed by atoms with E-state index in [2.05, 4.69) is 10.6 Å². The molecule has 0 saturated heterocycles. The van der Waals surface area contributed by atoms with Crippen LogP contribution in [-0.2, 0) is 4.79 Å². The number of nitrogens with one attached hydrogen (secondary N) is 2. The zero-order chi connectivity index (χ0) is 20.0. The minimum Gasteiger partial charge on any atom is -0.493 e. The number of benzene rings is 2. The maximum Gasteiger partial charge on any atom is 0.254 e. The number of amides is 2. The Kier molecular flexibility index (Phi) is 6.70. The number of hydrogen-bond acceptors (Lipinski definition) is 4. The molecule has 0 fully saturated rings. The maximum absolute atomic E-state index is 13.5. The SMILES string of the molecule is COc1cc(C)c(NC(=O)CCNC(=O)c2ccc(F)cc2F)cc1OC. The van der Waals surface area contributed by atoms with E-state index in [0.29, 0.717) is 23.3 Å². The van der Waals surface area contributed by atoms with Crippen molar-refractivity contribution in [3.63, 3.8) is 0 Å². The van der Waals surface area contributed by atoms with Crippen LogP contribution in [0, 0.1) is 18.6 Å². The summed E-state index contributed by atoms with van der Waals surface area (Å²) in [6, 6.07) is 6.03. The van der Waals surface area contributed by atoms with Crippen LogP contribution in [0.1, 0.15) is 22.3 Å². The van der Waals surface area contributed by atoms with Gasteiger partial charge in [0.25, 0.3) is 5.91 Å². The molecule has 0 spiro atoms. The van der Waals surface area contributed by atoms with Gasteiger partial charge in [-0.2, -0.15) is 0 Å². The van der Waals surface area contributed by atoms with E-state index in [0.717, 1.165) is 17.7 Å². The highest BCUT2D eigenvalue weighted by Crippen LogP contribution is 2.32. The van der Waals surface area contributed by atoms with Crippen LogP contribution in [0.25, 0.3) is 0 Å². The largest absolute Gasteiger partial charge is 0.493 e. The van der Waals surface area contributed by atoms with E-state index in [1.165, 1.54) is 14.2 Å². The lowest BCUT2D eigenvalue weighted by atomic mass is 10.1. The second-order valence-corrected chi connectivity index (χ2v) is 5.70. The van der Waals surface area contributed by atoms with Gasteiger partial charge in [0.05, 0.1) is 19.8 Å². The zero-order valence-corrected chi connectivity index (χ0v) is 15.2. The van der Waals surface area contributed by atoms with Crippen molar-refractivity contribution in [1.29, 1.82) is 0 Å². The molecule has 2 aromatic carbocycles. The van der Waals surface area contributed by atoms with Gasteiger partial charge in [0, 0.05) is 30.8 Å². The van der Waals surface area contributed by atoms with Crippen LogP contribution in [0.2, 0.25) is 0 Å². The van der Waals surface area contributed by atoms with Gasteiger partial charge in [-0.25, -0.2) is 8.78 Å². The molecule has 144 valence electrons. The number of carbonyl (C=O) groups excluding carboxylic acids is 2. The average Bonchev–Trinajstić information content (AvgIpc) is 2.62. The van der Waals surface area contributed by atoms with E-state index in [9.17, 15) is 18.4 Å². The lowest BCUT2D eigenvalue weighted by molar-refractivity contribution is -0.116. The molecule has 6 nitrogen and oxygen atoms in total. The predicted octanol–water partition coefficient (Wildman–Crippen LogP) is 3.05. The summed E-state index contributed by atoms with van der Waals surface area (Å²) < 4.78 is 36.8. The van der Waals surface area contributed by atoms with Crippen molar-refractivity contribution < 1.29 is 27.8 Å². The van der Waals surface area contributed by atoms with Crippen molar-refractivity contribution in [3.05, 3.63) is 53.1 Å². The van der Waals surface area contributed by atoms with E-state index in [4.69, 9.17) is 9.47 Å². The van der Waals surface area contributed by atoms with Crippen LogP contribution in [0.5, 0.6) is 11.5 Å². The van der Waals surface area contributed by atoms with Gasteiger partial charge in [-0.05, 0) is 30.7 Å². The molecular weight excluding hydrogens is 358 g/mol. The van der Waals surface area contributed by atoms with Crippen molar-refractivity contribution in [2.24, 2.45) is 0 Å². The summed E-state index contributed by atoms with van der Waals surface area (Å²) >= 11 is 0. The summed E-state index contributed by atoms with van der Waals surface area (Å²) in [4.78, 5) is 24.0. The van der Waals surface area contributed by atoms with Gasteiger partial charge < -0.3 is 20.1 Å². The second kappa shape index (κ2) is 8.98. The highest BCUT2D eigenvalue weighted by atomic mass is 19.1. The number of rotatable bonds is 7. The Morgan fingerprint density at radius 3 is 2.33 bits per heavy atom.